The number of aromatic amines is 2. The Morgan fingerprint density at radius 1 is 1.15 bits per heavy atom. The lowest BCUT2D eigenvalue weighted by atomic mass is 10.1. The first kappa shape index (κ1) is 16.0. The van der Waals surface area contributed by atoms with Gasteiger partial charge in [-0.1, -0.05) is 0 Å². The number of pyridine rings is 2. The van der Waals surface area contributed by atoms with Gasteiger partial charge in [0.15, 0.2) is 5.65 Å². The number of morpholine rings is 1. The number of halogens is 1. The van der Waals surface area contributed by atoms with E-state index in [1.54, 1.807) is 24.4 Å². The molecule has 0 atom stereocenters. The van der Waals surface area contributed by atoms with Crippen molar-refractivity contribution in [3.63, 3.8) is 0 Å². The standard InChI is InChI=1S/C19H16FN5O2/c20-13-9-11-8-12(17-22-14-2-1-3-21-18(14)24-17)19(26)23-15(11)10-16(13)25-4-6-27-7-5-25/h1-3,8-10H,4-7H2,(H,23,26)(H,21,22,24). The number of imidazole rings is 1. The third-order valence-corrected chi connectivity index (χ3v) is 4.77. The Balaban J connectivity index is 1.63. The molecule has 0 saturated carbocycles. The maximum absolute atomic E-state index is 14.7. The largest absolute Gasteiger partial charge is 0.378 e. The van der Waals surface area contributed by atoms with E-state index in [0.29, 0.717) is 65.4 Å². The Kier molecular flexibility index (Phi) is 3.64. The number of nitrogens with zero attached hydrogens (tertiary/aromatic N) is 3. The van der Waals surface area contributed by atoms with E-state index in [0.717, 1.165) is 0 Å². The number of H-pyrrole nitrogens is 2. The number of aromatic nitrogens is 4. The highest BCUT2D eigenvalue weighted by molar-refractivity contribution is 5.86. The molecular weight excluding hydrogens is 349 g/mol. The average Bonchev–Trinajstić information content (AvgIpc) is 3.12. The van der Waals surface area contributed by atoms with Crippen LogP contribution >= 0.6 is 0 Å². The molecule has 27 heavy (non-hydrogen) atoms. The quantitative estimate of drug-likeness (QED) is 0.570. The zero-order valence-electron chi connectivity index (χ0n) is 14.3. The molecule has 0 unspecified atom stereocenters. The van der Waals surface area contributed by atoms with Gasteiger partial charge in [0, 0.05) is 24.7 Å². The first-order chi connectivity index (χ1) is 13.2. The van der Waals surface area contributed by atoms with Gasteiger partial charge in [0.2, 0.25) is 0 Å². The van der Waals surface area contributed by atoms with Crippen LogP contribution in [0.15, 0.2) is 41.3 Å². The average molecular weight is 365 g/mol. The van der Waals surface area contributed by atoms with Crippen molar-refractivity contribution in [2.24, 2.45) is 0 Å². The lowest BCUT2D eigenvalue weighted by Gasteiger charge is -2.29. The number of hydrogen-bond acceptors (Lipinski definition) is 5. The SMILES string of the molecule is O=c1[nH]c2cc(N3CCOCC3)c(F)cc2cc1-c1nc2cccnc2[nH]1. The third kappa shape index (κ3) is 2.74. The van der Waals surface area contributed by atoms with Gasteiger partial charge >= 0.3 is 0 Å². The molecular formula is C19H16FN5O2. The van der Waals surface area contributed by atoms with Gasteiger partial charge in [0.05, 0.1) is 30.0 Å². The molecule has 1 fully saturated rings. The van der Waals surface area contributed by atoms with Crippen molar-refractivity contribution in [1.82, 2.24) is 19.9 Å². The number of anilines is 1. The van der Waals surface area contributed by atoms with E-state index in [2.05, 4.69) is 19.9 Å². The summed E-state index contributed by atoms with van der Waals surface area (Å²) in [4.78, 5) is 29.0. The molecule has 2 N–H and O–H groups in total. The Labute approximate surface area is 152 Å². The molecule has 1 saturated heterocycles. The summed E-state index contributed by atoms with van der Waals surface area (Å²) in [5, 5.41) is 0.604. The van der Waals surface area contributed by atoms with Crippen LogP contribution in [-0.4, -0.2) is 46.2 Å². The molecule has 0 aliphatic carbocycles. The maximum Gasteiger partial charge on any atom is 0.259 e. The van der Waals surface area contributed by atoms with Crippen molar-refractivity contribution in [3.05, 3.63) is 52.7 Å². The zero-order chi connectivity index (χ0) is 18.4. The van der Waals surface area contributed by atoms with E-state index < -0.39 is 0 Å². The zero-order valence-corrected chi connectivity index (χ0v) is 14.3. The van der Waals surface area contributed by atoms with Gasteiger partial charge in [-0.05, 0) is 30.3 Å². The Morgan fingerprint density at radius 2 is 2.00 bits per heavy atom. The number of fused-ring (bicyclic) bond motifs is 2. The number of ether oxygens (including phenoxy) is 1. The molecule has 0 amide bonds. The molecule has 0 spiro atoms. The third-order valence-electron chi connectivity index (χ3n) is 4.77. The number of benzene rings is 1. The van der Waals surface area contributed by atoms with Gasteiger partial charge in [0.1, 0.15) is 17.2 Å². The van der Waals surface area contributed by atoms with E-state index >= 15 is 0 Å². The van der Waals surface area contributed by atoms with Crippen molar-refractivity contribution in [2.45, 2.75) is 0 Å². The molecule has 0 radical (unpaired) electrons. The molecule has 3 aromatic heterocycles. The van der Waals surface area contributed by atoms with E-state index in [1.165, 1.54) is 6.07 Å². The van der Waals surface area contributed by atoms with Crippen LogP contribution in [0.5, 0.6) is 0 Å². The van der Waals surface area contributed by atoms with E-state index in [4.69, 9.17) is 4.74 Å². The molecule has 7 nitrogen and oxygen atoms in total. The van der Waals surface area contributed by atoms with Gasteiger partial charge in [-0.15, -0.1) is 0 Å². The second-order valence-corrected chi connectivity index (χ2v) is 6.46. The summed E-state index contributed by atoms with van der Waals surface area (Å²) in [6, 6.07) is 8.37. The molecule has 5 rings (SSSR count). The Hall–Kier alpha value is -3.26. The Morgan fingerprint density at radius 3 is 2.81 bits per heavy atom. The smallest absolute Gasteiger partial charge is 0.259 e. The second-order valence-electron chi connectivity index (χ2n) is 6.46. The molecule has 1 aliphatic rings. The first-order valence-corrected chi connectivity index (χ1v) is 8.69. The summed E-state index contributed by atoms with van der Waals surface area (Å²) in [5.41, 5.74) is 2.38. The predicted molar refractivity (Wildman–Crippen MR) is 100 cm³/mol. The lowest BCUT2D eigenvalue weighted by molar-refractivity contribution is 0.122. The monoisotopic (exact) mass is 365 g/mol. The summed E-state index contributed by atoms with van der Waals surface area (Å²) in [6.07, 6.45) is 1.65. The normalized spacial score (nSPS) is 14.9. The molecule has 8 heteroatoms. The second kappa shape index (κ2) is 6.17. The fraction of sp³-hybridized carbons (Fsp3) is 0.211. The van der Waals surface area contributed by atoms with Crippen molar-refractivity contribution in [1.29, 1.82) is 0 Å². The maximum atomic E-state index is 14.7. The van der Waals surface area contributed by atoms with Crippen LogP contribution in [0.3, 0.4) is 0 Å². The summed E-state index contributed by atoms with van der Waals surface area (Å²) < 4.78 is 20.0. The number of nitrogens with one attached hydrogen (secondary N) is 2. The van der Waals surface area contributed by atoms with Crippen LogP contribution in [-0.2, 0) is 4.74 Å². The van der Waals surface area contributed by atoms with Crippen molar-refractivity contribution >= 4 is 27.8 Å². The van der Waals surface area contributed by atoms with E-state index in [1.807, 2.05) is 11.0 Å². The van der Waals surface area contributed by atoms with Crippen LogP contribution < -0.4 is 10.5 Å². The number of hydrogen-bond donors (Lipinski definition) is 2. The molecule has 1 aromatic carbocycles. The number of rotatable bonds is 2. The van der Waals surface area contributed by atoms with Gasteiger partial charge in [-0.3, -0.25) is 4.79 Å². The summed E-state index contributed by atoms with van der Waals surface area (Å²) in [5.74, 6) is 0.0817. The summed E-state index contributed by atoms with van der Waals surface area (Å²) in [7, 11) is 0. The highest BCUT2D eigenvalue weighted by Crippen LogP contribution is 2.27. The fourth-order valence-corrected chi connectivity index (χ4v) is 3.41. The van der Waals surface area contributed by atoms with Crippen molar-refractivity contribution < 1.29 is 9.13 Å². The molecule has 4 aromatic rings. The molecule has 136 valence electrons. The minimum absolute atomic E-state index is 0.291. The summed E-state index contributed by atoms with van der Waals surface area (Å²) in [6.45, 7) is 2.37. The van der Waals surface area contributed by atoms with E-state index in [-0.39, 0.29) is 11.4 Å². The first-order valence-electron chi connectivity index (χ1n) is 8.69. The minimum Gasteiger partial charge on any atom is -0.378 e. The molecule has 1 aliphatic heterocycles. The van der Waals surface area contributed by atoms with Crippen LogP contribution in [0, 0.1) is 5.82 Å². The van der Waals surface area contributed by atoms with Crippen molar-refractivity contribution in [2.75, 3.05) is 31.2 Å². The van der Waals surface area contributed by atoms with Gasteiger partial charge < -0.3 is 19.6 Å². The Bertz CT molecular complexity index is 1180. The lowest BCUT2D eigenvalue weighted by Crippen LogP contribution is -2.36. The van der Waals surface area contributed by atoms with Crippen LogP contribution in [0.4, 0.5) is 10.1 Å². The van der Waals surface area contributed by atoms with Crippen molar-refractivity contribution in [3.8, 4) is 11.4 Å². The van der Waals surface area contributed by atoms with E-state index in [9.17, 15) is 9.18 Å². The van der Waals surface area contributed by atoms with Gasteiger partial charge in [-0.25, -0.2) is 14.4 Å². The molecule has 4 heterocycles. The van der Waals surface area contributed by atoms with Gasteiger partial charge in [-0.2, -0.15) is 0 Å². The van der Waals surface area contributed by atoms with Crippen LogP contribution in [0.1, 0.15) is 0 Å². The minimum atomic E-state index is -0.325. The topological polar surface area (TPSA) is 86.9 Å². The molecule has 0 bridgehead atoms. The van der Waals surface area contributed by atoms with Gasteiger partial charge in [0.25, 0.3) is 5.56 Å². The highest BCUT2D eigenvalue weighted by Gasteiger charge is 2.17. The fourth-order valence-electron chi connectivity index (χ4n) is 3.41. The van der Waals surface area contributed by atoms with Crippen LogP contribution in [0.25, 0.3) is 33.5 Å². The highest BCUT2D eigenvalue weighted by atomic mass is 19.1. The summed E-state index contributed by atoms with van der Waals surface area (Å²) >= 11 is 0. The predicted octanol–water partition coefficient (Wildman–Crippen LogP) is 2.44. The van der Waals surface area contributed by atoms with Crippen LogP contribution in [0.2, 0.25) is 0 Å².